The molecule has 0 unspecified atom stereocenters. The van der Waals surface area contributed by atoms with E-state index in [9.17, 15) is 22.8 Å². The number of nitrogens with zero attached hydrogens (tertiary/aromatic N) is 5. The molecule has 3 heterocycles. The average Bonchev–Trinajstić information content (AvgIpc) is 3.36. The van der Waals surface area contributed by atoms with Crippen molar-refractivity contribution in [1.82, 2.24) is 29.4 Å². The van der Waals surface area contributed by atoms with Gasteiger partial charge in [-0.25, -0.2) is 14.6 Å². The molecule has 29 heavy (non-hydrogen) atoms. The maximum atomic E-state index is 12.9. The van der Waals surface area contributed by atoms with Gasteiger partial charge in [0, 0.05) is 25.3 Å². The fourth-order valence-electron chi connectivity index (χ4n) is 3.43. The van der Waals surface area contributed by atoms with Gasteiger partial charge < -0.3 is 4.90 Å². The van der Waals surface area contributed by atoms with E-state index in [0.717, 1.165) is 12.1 Å². The maximum Gasteiger partial charge on any atom is 0.416 e. The van der Waals surface area contributed by atoms with Crippen molar-refractivity contribution in [3.8, 4) is 5.69 Å². The first-order valence-corrected chi connectivity index (χ1v) is 8.97. The molecule has 11 heteroatoms. The number of nitrogens with one attached hydrogen (secondary N) is 1. The summed E-state index contributed by atoms with van der Waals surface area (Å²) >= 11 is 0. The van der Waals surface area contributed by atoms with Gasteiger partial charge in [0.05, 0.1) is 11.3 Å². The third-order valence-electron chi connectivity index (χ3n) is 4.97. The van der Waals surface area contributed by atoms with E-state index in [1.807, 2.05) is 0 Å². The number of likely N-dealkylation sites (tertiary alicyclic amines) is 1. The minimum atomic E-state index is -4.46. The molecule has 1 fully saturated rings. The summed E-state index contributed by atoms with van der Waals surface area (Å²) in [6.07, 6.45) is -0.357. The highest BCUT2D eigenvalue weighted by Crippen LogP contribution is 2.30. The Bertz CT molecular complexity index is 1080. The second-order valence-corrected chi connectivity index (χ2v) is 6.79. The number of alkyl halides is 3. The minimum absolute atomic E-state index is 0.0343. The number of hydrogen-bond acceptors (Lipinski definition) is 4. The van der Waals surface area contributed by atoms with Gasteiger partial charge in [-0.2, -0.15) is 23.4 Å². The molecule has 0 atom stereocenters. The first-order chi connectivity index (χ1) is 13.8. The molecule has 8 nitrogen and oxygen atoms in total. The number of halogens is 3. The molecule has 0 bridgehead atoms. The number of carbonyl (C=O) groups excluding carboxylic acids is 1. The third kappa shape index (κ3) is 3.80. The Labute approximate surface area is 162 Å². The molecule has 0 aliphatic carbocycles. The van der Waals surface area contributed by atoms with Crippen molar-refractivity contribution in [2.45, 2.75) is 25.1 Å². The summed E-state index contributed by atoms with van der Waals surface area (Å²) in [6.45, 7) is 0.884. The number of carbonyl (C=O) groups is 1. The van der Waals surface area contributed by atoms with Crippen molar-refractivity contribution in [3.05, 3.63) is 64.6 Å². The van der Waals surface area contributed by atoms with Crippen molar-refractivity contribution < 1.29 is 18.0 Å². The molecular formula is C18H17F3N6O2. The van der Waals surface area contributed by atoms with Crippen molar-refractivity contribution in [1.29, 1.82) is 0 Å². The zero-order valence-corrected chi connectivity index (χ0v) is 15.1. The molecule has 1 aliphatic heterocycles. The van der Waals surface area contributed by atoms with Crippen LogP contribution in [0, 0.1) is 0 Å². The lowest BCUT2D eigenvalue weighted by Crippen LogP contribution is -2.40. The van der Waals surface area contributed by atoms with Crippen LogP contribution in [0.3, 0.4) is 0 Å². The Morgan fingerprint density at radius 3 is 2.59 bits per heavy atom. The lowest BCUT2D eigenvalue weighted by molar-refractivity contribution is -0.137. The Morgan fingerprint density at radius 2 is 1.93 bits per heavy atom. The fraction of sp³-hybridized carbons (Fsp3) is 0.333. The molecule has 3 aromatic rings. The van der Waals surface area contributed by atoms with E-state index >= 15 is 0 Å². The molecule has 1 amide bonds. The molecule has 4 rings (SSSR count). The maximum absolute atomic E-state index is 12.9. The van der Waals surface area contributed by atoms with Crippen LogP contribution in [0.4, 0.5) is 13.2 Å². The number of benzene rings is 1. The normalized spacial score (nSPS) is 15.6. The van der Waals surface area contributed by atoms with Crippen LogP contribution in [0.2, 0.25) is 0 Å². The van der Waals surface area contributed by atoms with Crippen molar-refractivity contribution >= 4 is 5.91 Å². The summed E-state index contributed by atoms with van der Waals surface area (Å²) in [7, 11) is 0. The van der Waals surface area contributed by atoms with Gasteiger partial charge in [-0.05, 0) is 37.1 Å². The van der Waals surface area contributed by atoms with Gasteiger partial charge >= 0.3 is 11.9 Å². The predicted molar refractivity (Wildman–Crippen MR) is 95.6 cm³/mol. The summed E-state index contributed by atoms with van der Waals surface area (Å²) in [6, 6.07) is 6.20. The third-order valence-corrected chi connectivity index (χ3v) is 4.97. The molecule has 1 aromatic carbocycles. The van der Waals surface area contributed by atoms with E-state index in [2.05, 4.69) is 15.3 Å². The summed E-state index contributed by atoms with van der Waals surface area (Å²) in [5, 5.41) is 10.2. The highest BCUT2D eigenvalue weighted by atomic mass is 19.4. The van der Waals surface area contributed by atoms with Gasteiger partial charge in [-0.15, -0.1) is 0 Å². The van der Waals surface area contributed by atoms with Gasteiger partial charge in [-0.3, -0.25) is 9.36 Å². The zero-order chi connectivity index (χ0) is 20.6. The number of rotatable bonds is 3. The lowest BCUT2D eigenvalue weighted by atomic mass is 10.0. The molecule has 2 aromatic heterocycles. The Kier molecular flexibility index (Phi) is 4.73. The van der Waals surface area contributed by atoms with Gasteiger partial charge in [0.1, 0.15) is 6.33 Å². The molecule has 0 radical (unpaired) electrons. The Balaban J connectivity index is 1.46. The second-order valence-electron chi connectivity index (χ2n) is 6.79. The highest BCUT2D eigenvalue weighted by Gasteiger charge is 2.31. The van der Waals surface area contributed by atoms with Crippen LogP contribution in [0.15, 0.2) is 47.7 Å². The van der Waals surface area contributed by atoms with Crippen LogP contribution in [0.1, 0.15) is 34.9 Å². The number of H-pyrrole nitrogens is 1. The first-order valence-electron chi connectivity index (χ1n) is 8.97. The molecule has 1 N–H and O–H groups in total. The Hall–Kier alpha value is -3.37. The van der Waals surface area contributed by atoms with E-state index in [1.165, 1.54) is 40.0 Å². The van der Waals surface area contributed by atoms with E-state index in [0.29, 0.717) is 25.9 Å². The van der Waals surface area contributed by atoms with Gasteiger partial charge in [0.15, 0.2) is 5.69 Å². The zero-order valence-electron chi connectivity index (χ0n) is 15.1. The minimum Gasteiger partial charge on any atom is -0.337 e. The van der Waals surface area contributed by atoms with Crippen LogP contribution in [0.5, 0.6) is 0 Å². The second kappa shape index (κ2) is 7.22. The summed E-state index contributed by atoms with van der Waals surface area (Å²) in [4.78, 5) is 26.0. The van der Waals surface area contributed by atoms with Crippen LogP contribution >= 0.6 is 0 Å². The van der Waals surface area contributed by atoms with E-state index in [4.69, 9.17) is 0 Å². The molecule has 0 saturated carbocycles. The average molecular weight is 406 g/mol. The van der Waals surface area contributed by atoms with Crippen molar-refractivity contribution in [3.63, 3.8) is 0 Å². The first kappa shape index (κ1) is 19.0. The largest absolute Gasteiger partial charge is 0.416 e. The predicted octanol–water partition coefficient (Wildman–Crippen LogP) is 2.25. The summed E-state index contributed by atoms with van der Waals surface area (Å²) in [5.41, 5.74) is -0.692. The van der Waals surface area contributed by atoms with Crippen molar-refractivity contribution in [2.75, 3.05) is 13.1 Å². The number of piperidine rings is 1. The van der Waals surface area contributed by atoms with Gasteiger partial charge in [-0.1, -0.05) is 6.07 Å². The summed E-state index contributed by atoms with van der Waals surface area (Å²) < 4.78 is 41.5. The summed E-state index contributed by atoms with van der Waals surface area (Å²) in [5.74, 6) is -0.297. The monoisotopic (exact) mass is 406 g/mol. The number of aromatic amines is 1. The van der Waals surface area contributed by atoms with Gasteiger partial charge in [0.25, 0.3) is 5.91 Å². The topological polar surface area (TPSA) is 88.8 Å². The SMILES string of the molecule is O=C(c1ccn(-c2cccc(C(F)(F)F)c2)n1)N1CCC(n2cn[nH]c2=O)CC1. The molecular weight excluding hydrogens is 389 g/mol. The number of aromatic nitrogens is 5. The van der Waals surface area contributed by atoms with E-state index < -0.39 is 11.7 Å². The van der Waals surface area contributed by atoms with E-state index in [-0.39, 0.29) is 29.0 Å². The molecule has 152 valence electrons. The smallest absolute Gasteiger partial charge is 0.337 e. The van der Waals surface area contributed by atoms with Gasteiger partial charge in [0.2, 0.25) is 0 Å². The quantitative estimate of drug-likeness (QED) is 0.723. The highest BCUT2D eigenvalue weighted by molar-refractivity contribution is 5.92. The Morgan fingerprint density at radius 1 is 1.17 bits per heavy atom. The fourth-order valence-corrected chi connectivity index (χ4v) is 3.43. The molecule has 1 aliphatic rings. The van der Waals surface area contributed by atoms with Crippen LogP contribution in [-0.2, 0) is 6.18 Å². The number of amides is 1. The number of hydrogen-bond donors (Lipinski definition) is 1. The molecule has 1 saturated heterocycles. The van der Waals surface area contributed by atoms with E-state index in [1.54, 1.807) is 4.90 Å². The van der Waals surface area contributed by atoms with Crippen LogP contribution in [0.25, 0.3) is 5.69 Å². The van der Waals surface area contributed by atoms with Crippen LogP contribution < -0.4 is 5.69 Å². The van der Waals surface area contributed by atoms with Crippen molar-refractivity contribution in [2.24, 2.45) is 0 Å². The standard InChI is InChI=1S/C18H17F3N6O2/c19-18(20,21)12-2-1-3-14(10-12)27-9-6-15(24-27)16(28)25-7-4-13(5-8-25)26-11-22-23-17(26)29/h1-3,6,9-11,13H,4-5,7-8H2,(H,23,29). The molecule has 0 spiro atoms. The van der Waals surface area contributed by atoms with Crippen LogP contribution in [-0.4, -0.2) is 48.4 Å². The lowest BCUT2D eigenvalue weighted by Gasteiger charge is -2.31.